The molecule has 4 rings (SSSR count). The molecule has 0 amide bonds. The lowest BCUT2D eigenvalue weighted by Crippen LogP contribution is -2.31. The minimum atomic E-state index is -1.34. The van der Waals surface area contributed by atoms with E-state index >= 15 is 0 Å². The highest BCUT2D eigenvalue weighted by molar-refractivity contribution is 5.87. The van der Waals surface area contributed by atoms with E-state index in [1.54, 1.807) is 48.5 Å². The summed E-state index contributed by atoms with van der Waals surface area (Å²) in [5.41, 5.74) is 2.42. The molecule has 13 nitrogen and oxygen atoms in total. The molecular weight excluding hydrogens is 688 g/mol. The van der Waals surface area contributed by atoms with Crippen molar-refractivity contribution in [2.24, 2.45) is 0 Å². The Kier molecular flexibility index (Phi) is 14.4. The van der Waals surface area contributed by atoms with Crippen molar-refractivity contribution in [3.05, 3.63) is 107 Å². The van der Waals surface area contributed by atoms with Crippen molar-refractivity contribution >= 4 is 24.1 Å². The zero-order chi connectivity index (χ0) is 38.3. The van der Waals surface area contributed by atoms with E-state index in [4.69, 9.17) is 33.2 Å². The number of esters is 2. The number of benzene rings is 4. The zero-order valence-electron chi connectivity index (χ0n) is 29.7. The van der Waals surface area contributed by atoms with Gasteiger partial charge in [-0.3, -0.25) is 0 Å². The molecule has 0 aliphatic heterocycles. The van der Waals surface area contributed by atoms with Crippen LogP contribution in [0.25, 0.3) is 12.2 Å². The molecule has 0 saturated carbocycles. The summed E-state index contributed by atoms with van der Waals surface area (Å²) in [7, 11) is 5.69. The number of carbonyl (C=O) groups excluding carboxylic acids is 2. The van der Waals surface area contributed by atoms with Gasteiger partial charge < -0.3 is 53.6 Å². The highest BCUT2D eigenvalue weighted by Gasteiger charge is 2.27. The molecule has 4 aromatic carbocycles. The first kappa shape index (κ1) is 39.4. The molecule has 4 aromatic rings. The van der Waals surface area contributed by atoms with Crippen molar-refractivity contribution in [3.8, 4) is 46.0 Å². The summed E-state index contributed by atoms with van der Waals surface area (Å²) in [5, 5.41) is 41.0. The molecule has 0 bridgehead atoms. The van der Waals surface area contributed by atoms with Gasteiger partial charge >= 0.3 is 11.9 Å². The Morgan fingerprint density at radius 3 is 1.72 bits per heavy atom. The van der Waals surface area contributed by atoms with Crippen LogP contribution >= 0.6 is 0 Å². The molecule has 0 aliphatic rings. The molecule has 0 aliphatic carbocycles. The number of ether oxygens (including phenoxy) is 7. The first-order chi connectivity index (χ1) is 25.5. The van der Waals surface area contributed by atoms with E-state index in [0.717, 1.165) is 5.56 Å². The second kappa shape index (κ2) is 19.3. The molecule has 0 radical (unpaired) electrons. The molecule has 2 atom stereocenters. The van der Waals surface area contributed by atoms with Gasteiger partial charge in [-0.1, -0.05) is 24.3 Å². The molecule has 0 aromatic heterocycles. The molecule has 280 valence electrons. The van der Waals surface area contributed by atoms with Crippen LogP contribution in [0.5, 0.6) is 46.0 Å². The standard InChI is InChI=1S/C40H42O13/c1-47-33-20-26(7-13-29(33)41)10-17-38(44)51-19-5-6-25-9-16-32(36(22-25)50-4)53-37(40(46)28-12-15-31(43)35(23-28)49-3)24-52-39(45)18-11-27-8-14-30(42)34(21-27)48-2/h7-18,20-23,37,40-43,46H,5-6,19,24H2,1-4H3/b17-10-,18-11+/t37-,40+/m0/s1. The molecular formula is C40H42O13. The minimum Gasteiger partial charge on any atom is -0.504 e. The molecule has 4 N–H and O–H groups in total. The summed E-state index contributed by atoms with van der Waals surface area (Å²) >= 11 is 0. The molecule has 0 unspecified atom stereocenters. The first-order valence-corrected chi connectivity index (χ1v) is 16.4. The third-order valence-electron chi connectivity index (χ3n) is 7.88. The van der Waals surface area contributed by atoms with Gasteiger partial charge in [0, 0.05) is 12.2 Å². The maximum Gasteiger partial charge on any atom is 0.330 e. The molecule has 0 heterocycles. The predicted molar refractivity (Wildman–Crippen MR) is 195 cm³/mol. The van der Waals surface area contributed by atoms with Gasteiger partial charge in [0.1, 0.15) is 12.7 Å². The van der Waals surface area contributed by atoms with Crippen molar-refractivity contribution in [1.82, 2.24) is 0 Å². The number of aliphatic hydroxyl groups is 1. The van der Waals surface area contributed by atoms with Gasteiger partial charge in [0.15, 0.2) is 52.1 Å². The van der Waals surface area contributed by atoms with Gasteiger partial charge in [-0.15, -0.1) is 0 Å². The monoisotopic (exact) mass is 730 g/mol. The molecule has 53 heavy (non-hydrogen) atoms. The maximum absolute atomic E-state index is 12.7. The van der Waals surface area contributed by atoms with Crippen LogP contribution in [0.3, 0.4) is 0 Å². The molecule has 0 spiro atoms. The Labute approximate surface area is 306 Å². The fourth-order valence-corrected chi connectivity index (χ4v) is 5.04. The number of hydrogen-bond donors (Lipinski definition) is 4. The zero-order valence-corrected chi connectivity index (χ0v) is 29.7. The molecule has 13 heteroatoms. The Morgan fingerprint density at radius 2 is 1.15 bits per heavy atom. The lowest BCUT2D eigenvalue weighted by molar-refractivity contribution is -0.142. The smallest absolute Gasteiger partial charge is 0.330 e. The highest BCUT2D eigenvalue weighted by atomic mass is 16.6. The Bertz CT molecular complexity index is 1920. The van der Waals surface area contributed by atoms with Gasteiger partial charge in [-0.25, -0.2) is 9.59 Å². The fraction of sp³-hybridized carbons (Fsp3) is 0.250. The summed E-state index contributed by atoms with van der Waals surface area (Å²) in [4.78, 5) is 24.9. The number of methoxy groups -OCH3 is 4. The Balaban J connectivity index is 1.41. The Hall–Kier alpha value is -6.34. The predicted octanol–water partition coefficient (Wildman–Crippen LogP) is 5.76. The lowest BCUT2D eigenvalue weighted by Gasteiger charge is -2.25. The lowest BCUT2D eigenvalue weighted by atomic mass is 10.0. The van der Waals surface area contributed by atoms with E-state index in [9.17, 15) is 30.0 Å². The maximum atomic E-state index is 12.7. The van der Waals surface area contributed by atoms with Gasteiger partial charge in [0.05, 0.1) is 35.0 Å². The third-order valence-corrected chi connectivity index (χ3v) is 7.88. The summed E-state index contributed by atoms with van der Waals surface area (Å²) < 4.78 is 37.9. The number of phenolic OH excluding ortho intramolecular Hbond substituents is 3. The number of rotatable bonds is 18. The van der Waals surface area contributed by atoms with Crippen LogP contribution in [-0.2, 0) is 25.5 Å². The number of hydrogen-bond acceptors (Lipinski definition) is 13. The normalized spacial score (nSPS) is 12.2. The van der Waals surface area contributed by atoms with Crippen LogP contribution in [0.4, 0.5) is 0 Å². The largest absolute Gasteiger partial charge is 0.504 e. The van der Waals surface area contributed by atoms with E-state index in [0.29, 0.717) is 35.3 Å². The Morgan fingerprint density at radius 1 is 0.623 bits per heavy atom. The van der Waals surface area contributed by atoms with E-state index in [1.807, 2.05) is 0 Å². The van der Waals surface area contributed by atoms with Crippen molar-refractivity contribution in [3.63, 3.8) is 0 Å². The van der Waals surface area contributed by atoms with Crippen LogP contribution in [-0.4, -0.2) is 80.1 Å². The summed E-state index contributed by atoms with van der Waals surface area (Å²) in [5.74, 6) is -0.151. The van der Waals surface area contributed by atoms with E-state index < -0.39 is 24.1 Å². The average Bonchev–Trinajstić information content (AvgIpc) is 3.17. The van der Waals surface area contributed by atoms with Gasteiger partial charge in [0.25, 0.3) is 0 Å². The van der Waals surface area contributed by atoms with Crippen LogP contribution in [0.2, 0.25) is 0 Å². The fourth-order valence-electron chi connectivity index (χ4n) is 5.04. The van der Waals surface area contributed by atoms with Crippen LogP contribution in [0.15, 0.2) is 84.9 Å². The topological polar surface area (TPSA) is 180 Å². The van der Waals surface area contributed by atoms with E-state index in [2.05, 4.69) is 0 Å². The summed E-state index contributed by atoms with van der Waals surface area (Å²) in [6.07, 6.45) is 4.10. The third kappa shape index (κ3) is 11.3. The molecule has 0 fully saturated rings. The van der Waals surface area contributed by atoms with Crippen molar-refractivity contribution in [2.75, 3.05) is 41.7 Å². The van der Waals surface area contributed by atoms with Gasteiger partial charge in [0.2, 0.25) is 0 Å². The summed E-state index contributed by atoms with van der Waals surface area (Å²) in [6.45, 7) is -0.218. The molecule has 0 saturated heterocycles. The quantitative estimate of drug-likeness (QED) is 0.0552. The van der Waals surface area contributed by atoms with E-state index in [-0.39, 0.29) is 53.5 Å². The second-order valence-electron chi connectivity index (χ2n) is 11.4. The average molecular weight is 731 g/mol. The number of aliphatic hydroxyl groups excluding tert-OH is 1. The van der Waals surface area contributed by atoms with Crippen LogP contribution in [0, 0.1) is 0 Å². The highest BCUT2D eigenvalue weighted by Crippen LogP contribution is 2.35. The van der Waals surface area contributed by atoms with Gasteiger partial charge in [-0.05, 0) is 95.8 Å². The van der Waals surface area contributed by atoms with Crippen LogP contribution < -0.4 is 23.7 Å². The number of aryl methyl sites for hydroxylation is 1. The second-order valence-corrected chi connectivity index (χ2v) is 11.4. The number of phenols is 3. The van der Waals surface area contributed by atoms with Crippen molar-refractivity contribution in [1.29, 1.82) is 0 Å². The number of aromatic hydroxyl groups is 3. The first-order valence-electron chi connectivity index (χ1n) is 16.4. The van der Waals surface area contributed by atoms with Gasteiger partial charge in [-0.2, -0.15) is 0 Å². The summed E-state index contributed by atoms with van der Waals surface area (Å²) in [6, 6.07) is 18.8. The minimum absolute atomic E-state index is 0.00410. The number of carbonyl (C=O) groups is 2. The van der Waals surface area contributed by atoms with Crippen LogP contribution in [0.1, 0.15) is 34.8 Å². The van der Waals surface area contributed by atoms with Crippen molar-refractivity contribution < 1.29 is 63.2 Å². The van der Waals surface area contributed by atoms with Crippen molar-refractivity contribution in [2.45, 2.75) is 25.0 Å². The van der Waals surface area contributed by atoms with E-state index in [1.165, 1.54) is 77.0 Å². The SMILES string of the molecule is COc1cc(/C=C\C(=O)OCCCc2ccc(O[C@@H](COC(=O)/C=C/c3ccc(O)c(OC)c3)[C@H](O)c3ccc(O)c(OC)c3)c(OC)c2)ccc1O.